The van der Waals surface area contributed by atoms with Crippen molar-refractivity contribution < 1.29 is 14.3 Å². The lowest BCUT2D eigenvalue weighted by atomic mass is 10.1. The van der Waals surface area contributed by atoms with Crippen LogP contribution in [0.2, 0.25) is 0 Å². The molecule has 2 N–H and O–H groups in total. The maximum absolute atomic E-state index is 12.8. The van der Waals surface area contributed by atoms with Crippen LogP contribution in [0.15, 0.2) is 78.8 Å². The van der Waals surface area contributed by atoms with E-state index < -0.39 is 5.91 Å². The largest absolute Gasteiger partial charge is 0.497 e. The van der Waals surface area contributed by atoms with Crippen LogP contribution in [0.5, 0.6) is 5.75 Å². The van der Waals surface area contributed by atoms with Crippen molar-refractivity contribution in [1.29, 1.82) is 0 Å². The highest BCUT2D eigenvalue weighted by molar-refractivity contribution is 6.10. The van der Waals surface area contributed by atoms with Crippen molar-refractivity contribution >= 4 is 23.6 Å². The molecule has 0 saturated heterocycles. The minimum absolute atomic E-state index is 0.111. The van der Waals surface area contributed by atoms with Gasteiger partial charge < -0.3 is 15.4 Å². The summed E-state index contributed by atoms with van der Waals surface area (Å²) in [5.41, 5.74) is 2.89. The van der Waals surface area contributed by atoms with E-state index in [9.17, 15) is 9.59 Å². The molecule has 29 heavy (non-hydrogen) atoms. The molecule has 3 rings (SSSR count). The van der Waals surface area contributed by atoms with Crippen molar-refractivity contribution in [3.8, 4) is 5.75 Å². The first-order chi connectivity index (χ1) is 14.0. The summed E-state index contributed by atoms with van der Waals surface area (Å²) in [6.07, 6.45) is 4.83. The number of ether oxygens (including phenoxy) is 1. The molecule has 0 spiro atoms. The Morgan fingerprint density at radius 3 is 2.34 bits per heavy atom. The number of nitrogens with zero attached hydrogens (tertiary/aromatic N) is 1. The summed E-state index contributed by atoms with van der Waals surface area (Å²) < 4.78 is 5.12. The highest BCUT2D eigenvalue weighted by atomic mass is 16.5. The summed E-state index contributed by atoms with van der Waals surface area (Å²) >= 11 is 0. The van der Waals surface area contributed by atoms with E-state index in [1.165, 1.54) is 0 Å². The lowest BCUT2D eigenvalue weighted by molar-refractivity contribution is -0.113. The van der Waals surface area contributed by atoms with Crippen molar-refractivity contribution in [2.75, 3.05) is 12.4 Å². The molecule has 0 aliphatic carbocycles. The Morgan fingerprint density at radius 2 is 1.72 bits per heavy atom. The van der Waals surface area contributed by atoms with E-state index in [1.807, 2.05) is 19.1 Å². The Morgan fingerprint density at radius 1 is 1.00 bits per heavy atom. The van der Waals surface area contributed by atoms with Crippen molar-refractivity contribution in [2.45, 2.75) is 6.92 Å². The van der Waals surface area contributed by atoms with Crippen LogP contribution >= 0.6 is 0 Å². The average molecular weight is 387 g/mol. The van der Waals surface area contributed by atoms with E-state index >= 15 is 0 Å². The van der Waals surface area contributed by atoms with Crippen LogP contribution in [0.25, 0.3) is 6.08 Å². The number of rotatable bonds is 6. The van der Waals surface area contributed by atoms with E-state index in [1.54, 1.807) is 74.1 Å². The zero-order valence-corrected chi connectivity index (χ0v) is 16.2. The number of hydrogen-bond donors (Lipinski definition) is 2. The van der Waals surface area contributed by atoms with Gasteiger partial charge in [-0.15, -0.1) is 0 Å². The maximum Gasteiger partial charge on any atom is 0.272 e. The zero-order valence-electron chi connectivity index (χ0n) is 16.2. The molecule has 0 fully saturated rings. The van der Waals surface area contributed by atoms with Crippen LogP contribution in [-0.2, 0) is 4.79 Å². The first-order valence-corrected chi connectivity index (χ1v) is 9.00. The second-order valence-electron chi connectivity index (χ2n) is 6.35. The van der Waals surface area contributed by atoms with Gasteiger partial charge in [-0.3, -0.25) is 14.6 Å². The molecule has 0 saturated carbocycles. The molecule has 6 heteroatoms. The van der Waals surface area contributed by atoms with E-state index in [4.69, 9.17) is 4.74 Å². The summed E-state index contributed by atoms with van der Waals surface area (Å²) in [6.45, 7) is 1.94. The van der Waals surface area contributed by atoms with Gasteiger partial charge in [0.2, 0.25) is 0 Å². The maximum atomic E-state index is 12.8. The van der Waals surface area contributed by atoms with Crippen LogP contribution in [0.4, 0.5) is 5.69 Å². The van der Waals surface area contributed by atoms with Gasteiger partial charge in [0.05, 0.1) is 7.11 Å². The normalized spacial score (nSPS) is 10.9. The minimum atomic E-state index is -0.445. The van der Waals surface area contributed by atoms with E-state index in [0.29, 0.717) is 22.6 Å². The standard InChI is InChI=1S/C23H21N3O3/c1-16-5-7-18(8-6-16)22(27)26-21(14-17-4-3-13-24-15-17)23(28)25-19-9-11-20(29-2)12-10-19/h3-15H,1-2H3,(H,25,28)(H,26,27)/b21-14-. The highest BCUT2D eigenvalue weighted by Crippen LogP contribution is 2.16. The fourth-order valence-electron chi connectivity index (χ4n) is 2.56. The quantitative estimate of drug-likeness (QED) is 0.631. The van der Waals surface area contributed by atoms with E-state index in [2.05, 4.69) is 15.6 Å². The summed E-state index contributed by atoms with van der Waals surface area (Å²) in [5.74, 6) is -0.133. The number of anilines is 1. The molecule has 3 aromatic rings. The lowest BCUT2D eigenvalue weighted by Crippen LogP contribution is -2.30. The smallest absolute Gasteiger partial charge is 0.272 e. The van der Waals surface area contributed by atoms with Gasteiger partial charge in [-0.1, -0.05) is 23.8 Å². The van der Waals surface area contributed by atoms with Gasteiger partial charge in [-0.05, 0) is 61.0 Å². The van der Waals surface area contributed by atoms with Crippen molar-refractivity contribution in [3.63, 3.8) is 0 Å². The minimum Gasteiger partial charge on any atom is -0.497 e. The lowest BCUT2D eigenvalue weighted by Gasteiger charge is -2.12. The molecule has 0 atom stereocenters. The summed E-state index contributed by atoms with van der Waals surface area (Å²) in [6, 6.07) is 17.6. The molecule has 0 bridgehead atoms. The number of pyridine rings is 1. The topological polar surface area (TPSA) is 80.3 Å². The number of carbonyl (C=O) groups excluding carboxylic acids is 2. The molecule has 1 aromatic heterocycles. The number of amides is 2. The highest BCUT2D eigenvalue weighted by Gasteiger charge is 2.15. The third-order valence-corrected chi connectivity index (χ3v) is 4.15. The average Bonchev–Trinajstić information content (AvgIpc) is 2.75. The third-order valence-electron chi connectivity index (χ3n) is 4.15. The Hall–Kier alpha value is -3.93. The molecular weight excluding hydrogens is 366 g/mol. The molecule has 0 aliphatic heterocycles. The van der Waals surface area contributed by atoms with E-state index in [0.717, 1.165) is 5.56 Å². The molecule has 0 unspecified atom stereocenters. The Kier molecular flexibility index (Phi) is 6.37. The number of hydrogen-bond acceptors (Lipinski definition) is 4. The number of nitrogens with one attached hydrogen (secondary N) is 2. The van der Waals surface area contributed by atoms with Crippen molar-refractivity contribution in [2.24, 2.45) is 0 Å². The van der Waals surface area contributed by atoms with Crippen LogP contribution in [0, 0.1) is 6.92 Å². The molecule has 1 heterocycles. The molecule has 146 valence electrons. The molecule has 0 aliphatic rings. The number of aryl methyl sites for hydroxylation is 1. The second kappa shape index (κ2) is 9.32. The van der Waals surface area contributed by atoms with Crippen LogP contribution in [-0.4, -0.2) is 23.9 Å². The van der Waals surface area contributed by atoms with Crippen LogP contribution in [0.3, 0.4) is 0 Å². The predicted molar refractivity (Wildman–Crippen MR) is 112 cm³/mol. The Balaban J connectivity index is 1.83. The van der Waals surface area contributed by atoms with Gasteiger partial charge in [0, 0.05) is 23.6 Å². The van der Waals surface area contributed by atoms with Gasteiger partial charge in [0.25, 0.3) is 11.8 Å². The number of benzene rings is 2. The molecule has 2 amide bonds. The van der Waals surface area contributed by atoms with Crippen LogP contribution in [0.1, 0.15) is 21.5 Å². The van der Waals surface area contributed by atoms with Gasteiger partial charge in [-0.2, -0.15) is 0 Å². The van der Waals surface area contributed by atoms with Gasteiger partial charge in [-0.25, -0.2) is 0 Å². The SMILES string of the molecule is COc1ccc(NC(=O)/C(=C/c2cccnc2)NC(=O)c2ccc(C)cc2)cc1. The summed E-state index contributed by atoms with van der Waals surface area (Å²) in [4.78, 5) is 29.5. The number of aromatic nitrogens is 1. The van der Waals surface area contributed by atoms with Crippen molar-refractivity contribution in [1.82, 2.24) is 10.3 Å². The number of carbonyl (C=O) groups is 2. The monoisotopic (exact) mass is 387 g/mol. The van der Waals surface area contributed by atoms with E-state index in [-0.39, 0.29) is 11.6 Å². The number of methoxy groups -OCH3 is 1. The second-order valence-corrected chi connectivity index (χ2v) is 6.35. The zero-order chi connectivity index (χ0) is 20.6. The molecule has 2 aromatic carbocycles. The first-order valence-electron chi connectivity index (χ1n) is 9.00. The van der Waals surface area contributed by atoms with Gasteiger partial charge >= 0.3 is 0 Å². The fraction of sp³-hybridized carbons (Fsp3) is 0.0870. The van der Waals surface area contributed by atoms with Crippen LogP contribution < -0.4 is 15.4 Å². The fourth-order valence-corrected chi connectivity index (χ4v) is 2.56. The summed E-state index contributed by atoms with van der Waals surface area (Å²) in [5, 5.41) is 5.48. The molecular formula is C23H21N3O3. The van der Waals surface area contributed by atoms with Gasteiger partial charge in [0.15, 0.2) is 0 Å². The third kappa shape index (κ3) is 5.52. The predicted octanol–water partition coefficient (Wildman–Crippen LogP) is 3.81. The molecule has 6 nitrogen and oxygen atoms in total. The Labute approximate surface area is 169 Å². The molecule has 0 radical (unpaired) electrons. The van der Waals surface area contributed by atoms with Gasteiger partial charge in [0.1, 0.15) is 11.4 Å². The first kappa shape index (κ1) is 19.8. The Bertz CT molecular complexity index is 1010. The van der Waals surface area contributed by atoms with Crippen molar-refractivity contribution in [3.05, 3.63) is 95.4 Å². The summed E-state index contributed by atoms with van der Waals surface area (Å²) in [7, 11) is 1.57.